The first-order valence-corrected chi connectivity index (χ1v) is 7.76. The molecule has 24 heavy (non-hydrogen) atoms. The van der Waals surface area contributed by atoms with E-state index in [1.54, 1.807) is 0 Å². The SMILES string of the molecule is COc1ccc([N+](=O)[O-])c(NCCCN(C)Cc2ccccc2)n1. The molecule has 0 spiro atoms. The number of methoxy groups -OCH3 is 1. The number of rotatable bonds is 9. The van der Waals surface area contributed by atoms with Gasteiger partial charge in [-0.25, -0.2) is 0 Å². The summed E-state index contributed by atoms with van der Waals surface area (Å²) in [5.74, 6) is 0.592. The normalized spacial score (nSPS) is 10.6. The summed E-state index contributed by atoms with van der Waals surface area (Å²) >= 11 is 0. The van der Waals surface area contributed by atoms with Crippen molar-refractivity contribution in [2.45, 2.75) is 13.0 Å². The Kier molecular flexibility index (Phi) is 6.51. The Morgan fingerprint density at radius 1 is 1.25 bits per heavy atom. The second-order valence-electron chi connectivity index (χ2n) is 5.48. The Hall–Kier alpha value is -2.67. The molecule has 1 N–H and O–H groups in total. The first kappa shape index (κ1) is 17.7. The van der Waals surface area contributed by atoms with Crippen LogP contribution in [-0.4, -0.2) is 42.1 Å². The Bertz CT molecular complexity index is 664. The van der Waals surface area contributed by atoms with Crippen LogP contribution in [0.5, 0.6) is 5.88 Å². The van der Waals surface area contributed by atoms with E-state index in [0.29, 0.717) is 12.4 Å². The number of aromatic nitrogens is 1. The highest BCUT2D eigenvalue weighted by atomic mass is 16.6. The van der Waals surface area contributed by atoms with E-state index in [1.165, 1.54) is 24.8 Å². The van der Waals surface area contributed by atoms with Gasteiger partial charge in [-0.05, 0) is 25.6 Å². The topological polar surface area (TPSA) is 80.5 Å². The minimum Gasteiger partial charge on any atom is -0.481 e. The fourth-order valence-corrected chi connectivity index (χ4v) is 2.35. The number of ether oxygens (including phenoxy) is 1. The Labute approximate surface area is 141 Å². The molecule has 0 unspecified atom stereocenters. The molecule has 0 aliphatic rings. The molecule has 0 saturated carbocycles. The van der Waals surface area contributed by atoms with E-state index in [0.717, 1.165) is 19.5 Å². The second-order valence-corrected chi connectivity index (χ2v) is 5.48. The molecule has 0 amide bonds. The molecule has 7 nitrogen and oxygen atoms in total. The Morgan fingerprint density at radius 3 is 2.67 bits per heavy atom. The third kappa shape index (κ3) is 5.20. The molecule has 0 radical (unpaired) electrons. The number of nitrogens with one attached hydrogen (secondary N) is 1. The number of nitro groups is 1. The Balaban J connectivity index is 1.82. The van der Waals surface area contributed by atoms with Gasteiger partial charge in [0.1, 0.15) is 0 Å². The van der Waals surface area contributed by atoms with Gasteiger partial charge in [0, 0.05) is 25.2 Å². The van der Waals surface area contributed by atoms with Crippen LogP contribution < -0.4 is 10.1 Å². The summed E-state index contributed by atoms with van der Waals surface area (Å²) in [6.07, 6.45) is 0.847. The fourth-order valence-electron chi connectivity index (χ4n) is 2.35. The summed E-state index contributed by atoms with van der Waals surface area (Å²) in [4.78, 5) is 16.9. The van der Waals surface area contributed by atoms with Crippen LogP contribution in [0.3, 0.4) is 0 Å². The van der Waals surface area contributed by atoms with E-state index in [1.807, 2.05) is 18.2 Å². The number of hydrogen-bond donors (Lipinski definition) is 1. The molecular weight excluding hydrogens is 308 g/mol. The highest BCUT2D eigenvalue weighted by molar-refractivity contribution is 5.56. The molecule has 128 valence electrons. The molecule has 0 saturated heterocycles. The van der Waals surface area contributed by atoms with Crippen molar-refractivity contribution < 1.29 is 9.66 Å². The average Bonchev–Trinajstić information content (AvgIpc) is 2.59. The van der Waals surface area contributed by atoms with E-state index in [4.69, 9.17) is 4.74 Å². The van der Waals surface area contributed by atoms with Gasteiger partial charge in [-0.3, -0.25) is 10.1 Å². The van der Waals surface area contributed by atoms with Gasteiger partial charge in [-0.15, -0.1) is 0 Å². The predicted molar refractivity (Wildman–Crippen MR) is 93.3 cm³/mol. The van der Waals surface area contributed by atoms with Gasteiger partial charge in [0.2, 0.25) is 11.7 Å². The van der Waals surface area contributed by atoms with Gasteiger partial charge >= 0.3 is 5.69 Å². The van der Waals surface area contributed by atoms with Crippen LogP contribution in [-0.2, 0) is 6.54 Å². The number of hydrogen-bond acceptors (Lipinski definition) is 6. The lowest BCUT2D eigenvalue weighted by molar-refractivity contribution is -0.384. The highest BCUT2D eigenvalue weighted by Crippen LogP contribution is 2.24. The maximum atomic E-state index is 11.0. The van der Waals surface area contributed by atoms with Crippen LogP contribution in [0.25, 0.3) is 0 Å². The van der Waals surface area contributed by atoms with Crippen LogP contribution in [0.1, 0.15) is 12.0 Å². The molecule has 1 aromatic carbocycles. The van der Waals surface area contributed by atoms with Gasteiger partial charge in [-0.2, -0.15) is 4.98 Å². The summed E-state index contributed by atoms with van der Waals surface area (Å²) in [7, 11) is 3.54. The third-order valence-corrected chi connectivity index (χ3v) is 3.56. The maximum Gasteiger partial charge on any atom is 0.311 e. The van der Waals surface area contributed by atoms with Crippen LogP contribution in [0.4, 0.5) is 11.5 Å². The summed E-state index contributed by atoms with van der Waals surface area (Å²) in [6.45, 7) is 2.35. The zero-order chi connectivity index (χ0) is 17.4. The first-order chi connectivity index (χ1) is 11.6. The molecule has 0 atom stereocenters. The Morgan fingerprint density at radius 2 is 2.00 bits per heavy atom. The standard InChI is InChI=1S/C17H22N4O3/c1-20(13-14-7-4-3-5-8-14)12-6-11-18-17-15(21(22)23)9-10-16(19-17)24-2/h3-5,7-10H,6,11-13H2,1-2H3,(H,18,19). The molecule has 0 fully saturated rings. The molecule has 0 aliphatic heterocycles. The highest BCUT2D eigenvalue weighted by Gasteiger charge is 2.15. The van der Waals surface area contributed by atoms with Crippen molar-refractivity contribution in [1.29, 1.82) is 0 Å². The fraction of sp³-hybridized carbons (Fsp3) is 0.353. The van der Waals surface area contributed by atoms with Gasteiger partial charge in [-0.1, -0.05) is 30.3 Å². The zero-order valence-electron chi connectivity index (χ0n) is 13.9. The number of anilines is 1. The molecular formula is C17H22N4O3. The minimum atomic E-state index is -0.448. The monoisotopic (exact) mass is 330 g/mol. The predicted octanol–water partition coefficient (Wildman–Crippen LogP) is 2.93. The molecule has 7 heteroatoms. The van der Waals surface area contributed by atoms with Crippen LogP contribution in [0, 0.1) is 10.1 Å². The molecule has 2 rings (SSSR count). The van der Waals surface area contributed by atoms with Crippen molar-refractivity contribution in [1.82, 2.24) is 9.88 Å². The van der Waals surface area contributed by atoms with Gasteiger partial charge in [0.15, 0.2) is 0 Å². The molecule has 1 aromatic heterocycles. The summed E-state index contributed by atoms with van der Waals surface area (Å²) in [6, 6.07) is 13.1. The van der Waals surface area contributed by atoms with Crippen molar-refractivity contribution in [2.24, 2.45) is 0 Å². The van der Waals surface area contributed by atoms with Crippen LogP contribution in [0.2, 0.25) is 0 Å². The lowest BCUT2D eigenvalue weighted by atomic mass is 10.2. The van der Waals surface area contributed by atoms with Crippen molar-refractivity contribution in [3.63, 3.8) is 0 Å². The van der Waals surface area contributed by atoms with Gasteiger partial charge in [0.25, 0.3) is 0 Å². The summed E-state index contributed by atoms with van der Waals surface area (Å²) < 4.78 is 5.02. The maximum absolute atomic E-state index is 11.0. The lowest BCUT2D eigenvalue weighted by Gasteiger charge is -2.16. The quantitative estimate of drug-likeness (QED) is 0.432. The molecule has 2 aromatic rings. The van der Waals surface area contributed by atoms with Gasteiger partial charge in [0.05, 0.1) is 12.0 Å². The van der Waals surface area contributed by atoms with Crippen LogP contribution >= 0.6 is 0 Å². The number of nitrogens with zero attached hydrogens (tertiary/aromatic N) is 3. The molecule has 1 heterocycles. The lowest BCUT2D eigenvalue weighted by Crippen LogP contribution is -2.21. The van der Waals surface area contributed by atoms with E-state index >= 15 is 0 Å². The van der Waals surface area contributed by atoms with E-state index < -0.39 is 4.92 Å². The van der Waals surface area contributed by atoms with Crippen molar-refractivity contribution in [2.75, 3.05) is 32.6 Å². The minimum absolute atomic E-state index is 0.0477. The van der Waals surface area contributed by atoms with Crippen molar-refractivity contribution in [3.05, 3.63) is 58.1 Å². The average molecular weight is 330 g/mol. The molecule has 0 aliphatic carbocycles. The van der Waals surface area contributed by atoms with E-state index in [-0.39, 0.29) is 11.5 Å². The van der Waals surface area contributed by atoms with Gasteiger partial charge < -0.3 is 15.0 Å². The summed E-state index contributed by atoms with van der Waals surface area (Å²) in [5.41, 5.74) is 1.21. The van der Waals surface area contributed by atoms with Crippen molar-refractivity contribution in [3.8, 4) is 5.88 Å². The first-order valence-electron chi connectivity index (χ1n) is 7.76. The van der Waals surface area contributed by atoms with E-state index in [9.17, 15) is 10.1 Å². The largest absolute Gasteiger partial charge is 0.481 e. The molecule has 0 bridgehead atoms. The van der Waals surface area contributed by atoms with Crippen molar-refractivity contribution >= 4 is 11.5 Å². The smallest absolute Gasteiger partial charge is 0.311 e. The number of benzene rings is 1. The van der Waals surface area contributed by atoms with Crippen LogP contribution in [0.15, 0.2) is 42.5 Å². The number of pyridine rings is 1. The van der Waals surface area contributed by atoms with E-state index in [2.05, 4.69) is 34.4 Å². The zero-order valence-corrected chi connectivity index (χ0v) is 13.9. The third-order valence-electron chi connectivity index (χ3n) is 3.56. The summed E-state index contributed by atoms with van der Waals surface area (Å²) in [5, 5.41) is 14.1. The second kappa shape index (κ2) is 8.83.